The number of piperazine rings is 1. The largest absolute Gasteiger partial charge is 0.496 e. The summed E-state index contributed by atoms with van der Waals surface area (Å²) in [5, 5.41) is 3.12. The number of aromatic nitrogens is 1. The standard InChI is InChI=1S/C17H21N3O2S/c1-13-12-23-17(18-13)20-9-7-19(8-10-20)16(21)11-14-5-3-4-6-15(14)22-2/h3-6,12H,7-11H2,1-2H3. The first kappa shape index (κ1) is 15.8. The van der Waals surface area contributed by atoms with Crippen molar-refractivity contribution in [3.63, 3.8) is 0 Å². The van der Waals surface area contributed by atoms with E-state index < -0.39 is 0 Å². The van der Waals surface area contributed by atoms with Gasteiger partial charge in [-0.1, -0.05) is 18.2 Å². The summed E-state index contributed by atoms with van der Waals surface area (Å²) < 4.78 is 5.32. The van der Waals surface area contributed by atoms with E-state index in [2.05, 4.69) is 15.3 Å². The van der Waals surface area contributed by atoms with Gasteiger partial charge < -0.3 is 14.5 Å². The molecule has 0 saturated carbocycles. The minimum atomic E-state index is 0.157. The van der Waals surface area contributed by atoms with E-state index in [1.165, 1.54) is 0 Å². The molecule has 0 radical (unpaired) electrons. The lowest BCUT2D eigenvalue weighted by atomic mass is 10.1. The van der Waals surface area contributed by atoms with Gasteiger partial charge in [0, 0.05) is 37.1 Å². The van der Waals surface area contributed by atoms with Gasteiger partial charge in [-0.05, 0) is 13.0 Å². The van der Waals surface area contributed by atoms with Gasteiger partial charge >= 0.3 is 0 Å². The predicted molar refractivity (Wildman–Crippen MR) is 92.3 cm³/mol. The van der Waals surface area contributed by atoms with Crippen LogP contribution >= 0.6 is 11.3 Å². The summed E-state index contributed by atoms with van der Waals surface area (Å²) in [4.78, 5) is 21.2. The molecule has 1 aromatic carbocycles. The number of carbonyl (C=O) groups is 1. The number of thiazole rings is 1. The van der Waals surface area contributed by atoms with Crippen LogP contribution in [-0.2, 0) is 11.2 Å². The molecular weight excluding hydrogens is 310 g/mol. The van der Waals surface area contributed by atoms with Gasteiger partial charge in [-0.25, -0.2) is 4.98 Å². The summed E-state index contributed by atoms with van der Waals surface area (Å²) in [6, 6.07) is 7.70. The molecular formula is C17H21N3O2S. The van der Waals surface area contributed by atoms with E-state index in [0.717, 1.165) is 48.3 Å². The molecule has 0 atom stereocenters. The Balaban J connectivity index is 1.58. The SMILES string of the molecule is COc1ccccc1CC(=O)N1CCN(c2nc(C)cs2)CC1. The number of nitrogens with zero attached hydrogens (tertiary/aromatic N) is 3. The fourth-order valence-corrected chi connectivity index (χ4v) is 3.61. The van der Waals surface area contributed by atoms with Crippen LogP contribution in [0.3, 0.4) is 0 Å². The minimum Gasteiger partial charge on any atom is -0.496 e. The van der Waals surface area contributed by atoms with Gasteiger partial charge in [0.05, 0.1) is 19.2 Å². The molecule has 0 bridgehead atoms. The molecule has 0 spiro atoms. The molecule has 2 aromatic rings. The molecule has 1 aliphatic heterocycles. The highest BCUT2D eigenvalue weighted by atomic mass is 32.1. The third-order valence-electron chi connectivity index (χ3n) is 4.04. The average molecular weight is 331 g/mol. The number of methoxy groups -OCH3 is 1. The van der Waals surface area contributed by atoms with Crippen molar-refractivity contribution in [3.05, 3.63) is 40.9 Å². The molecule has 1 aromatic heterocycles. The Morgan fingerprint density at radius 3 is 2.65 bits per heavy atom. The van der Waals surface area contributed by atoms with Crippen molar-refractivity contribution in [1.29, 1.82) is 0 Å². The third-order valence-corrected chi connectivity index (χ3v) is 5.06. The van der Waals surface area contributed by atoms with Crippen LogP contribution in [0.25, 0.3) is 0 Å². The summed E-state index contributed by atoms with van der Waals surface area (Å²) in [5.74, 6) is 0.933. The van der Waals surface area contributed by atoms with Crippen molar-refractivity contribution >= 4 is 22.4 Å². The van der Waals surface area contributed by atoms with Crippen molar-refractivity contribution < 1.29 is 9.53 Å². The Labute approximate surface area is 140 Å². The summed E-state index contributed by atoms with van der Waals surface area (Å²) >= 11 is 1.67. The Bertz CT molecular complexity index is 678. The molecule has 3 rings (SSSR count). The lowest BCUT2D eigenvalue weighted by molar-refractivity contribution is -0.130. The second-order valence-electron chi connectivity index (χ2n) is 5.63. The number of aryl methyl sites for hydroxylation is 1. The second kappa shape index (κ2) is 7.00. The van der Waals surface area contributed by atoms with Gasteiger partial charge in [0.15, 0.2) is 5.13 Å². The van der Waals surface area contributed by atoms with Gasteiger partial charge in [-0.2, -0.15) is 0 Å². The number of benzene rings is 1. The number of hydrogen-bond donors (Lipinski definition) is 0. The Kier molecular flexibility index (Phi) is 4.81. The van der Waals surface area contributed by atoms with E-state index in [9.17, 15) is 4.79 Å². The Morgan fingerprint density at radius 2 is 2.00 bits per heavy atom. The zero-order valence-corrected chi connectivity index (χ0v) is 14.3. The molecule has 1 amide bonds. The van der Waals surface area contributed by atoms with Crippen molar-refractivity contribution in [1.82, 2.24) is 9.88 Å². The summed E-state index contributed by atoms with van der Waals surface area (Å²) in [7, 11) is 1.64. The van der Waals surface area contributed by atoms with Crippen LogP contribution in [-0.4, -0.2) is 49.1 Å². The van der Waals surface area contributed by atoms with Gasteiger partial charge in [0.1, 0.15) is 5.75 Å². The van der Waals surface area contributed by atoms with Crippen molar-refractivity contribution in [2.24, 2.45) is 0 Å². The van der Waals surface area contributed by atoms with Crippen LogP contribution in [0.1, 0.15) is 11.3 Å². The number of ether oxygens (including phenoxy) is 1. The molecule has 2 heterocycles. The Morgan fingerprint density at radius 1 is 1.26 bits per heavy atom. The van der Waals surface area contributed by atoms with Crippen LogP contribution in [0, 0.1) is 6.92 Å². The number of anilines is 1. The van der Waals surface area contributed by atoms with E-state index in [-0.39, 0.29) is 5.91 Å². The summed E-state index contributed by atoms with van der Waals surface area (Å²) in [6.07, 6.45) is 0.389. The van der Waals surface area contributed by atoms with Gasteiger partial charge in [-0.3, -0.25) is 4.79 Å². The fraction of sp³-hybridized carbons (Fsp3) is 0.412. The van der Waals surface area contributed by atoms with Crippen LogP contribution in [0.15, 0.2) is 29.6 Å². The molecule has 122 valence electrons. The first-order valence-electron chi connectivity index (χ1n) is 7.74. The van der Waals surface area contributed by atoms with Crippen molar-refractivity contribution in [2.75, 3.05) is 38.2 Å². The monoisotopic (exact) mass is 331 g/mol. The first-order chi connectivity index (χ1) is 11.2. The van der Waals surface area contributed by atoms with Crippen LogP contribution in [0.5, 0.6) is 5.75 Å². The van der Waals surface area contributed by atoms with Gasteiger partial charge in [0.2, 0.25) is 5.91 Å². The average Bonchev–Trinajstić information content (AvgIpc) is 3.02. The highest BCUT2D eigenvalue weighted by Gasteiger charge is 2.23. The molecule has 0 aliphatic carbocycles. The summed E-state index contributed by atoms with van der Waals surface area (Å²) in [6.45, 7) is 5.17. The molecule has 5 nitrogen and oxygen atoms in total. The molecule has 0 N–H and O–H groups in total. The lowest BCUT2D eigenvalue weighted by Crippen LogP contribution is -2.49. The number of rotatable bonds is 4. The molecule has 1 aliphatic rings. The number of amides is 1. The zero-order valence-electron chi connectivity index (χ0n) is 13.5. The highest BCUT2D eigenvalue weighted by molar-refractivity contribution is 7.13. The molecule has 1 saturated heterocycles. The second-order valence-corrected chi connectivity index (χ2v) is 6.46. The normalized spacial score (nSPS) is 14.9. The van der Waals surface area contributed by atoms with Crippen LogP contribution in [0.4, 0.5) is 5.13 Å². The summed E-state index contributed by atoms with van der Waals surface area (Å²) in [5.41, 5.74) is 2.00. The maximum absolute atomic E-state index is 12.5. The van der Waals surface area contributed by atoms with Gasteiger partial charge in [-0.15, -0.1) is 11.3 Å². The predicted octanol–water partition coefficient (Wildman–Crippen LogP) is 2.35. The quantitative estimate of drug-likeness (QED) is 0.863. The molecule has 6 heteroatoms. The molecule has 0 unspecified atom stereocenters. The number of para-hydroxylation sites is 1. The topological polar surface area (TPSA) is 45.7 Å². The Hall–Kier alpha value is -2.08. The van der Waals surface area contributed by atoms with E-state index in [1.807, 2.05) is 36.1 Å². The zero-order chi connectivity index (χ0) is 16.2. The van der Waals surface area contributed by atoms with E-state index in [4.69, 9.17) is 4.74 Å². The first-order valence-corrected chi connectivity index (χ1v) is 8.62. The van der Waals surface area contributed by atoms with E-state index in [1.54, 1.807) is 18.4 Å². The van der Waals surface area contributed by atoms with Crippen LogP contribution < -0.4 is 9.64 Å². The maximum atomic E-state index is 12.5. The smallest absolute Gasteiger partial charge is 0.227 e. The van der Waals surface area contributed by atoms with E-state index in [0.29, 0.717) is 6.42 Å². The van der Waals surface area contributed by atoms with E-state index >= 15 is 0 Å². The highest BCUT2D eigenvalue weighted by Crippen LogP contribution is 2.22. The maximum Gasteiger partial charge on any atom is 0.227 e. The van der Waals surface area contributed by atoms with Crippen molar-refractivity contribution in [2.45, 2.75) is 13.3 Å². The number of hydrogen-bond acceptors (Lipinski definition) is 5. The lowest BCUT2D eigenvalue weighted by Gasteiger charge is -2.34. The van der Waals surface area contributed by atoms with Crippen molar-refractivity contribution in [3.8, 4) is 5.75 Å². The third kappa shape index (κ3) is 3.64. The minimum absolute atomic E-state index is 0.157. The molecule has 1 fully saturated rings. The van der Waals surface area contributed by atoms with Gasteiger partial charge in [0.25, 0.3) is 0 Å². The van der Waals surface area contributed by atoms with Crippen LogP contribution in [0.2, 0.25) is 0 Å². The molecule has 23 heavy (non-hydrogen) atoms. The fourth-order valence-electron chi connectivity index (χ4n) is 2.76. The number of carbonyl (C=O) groups excluding carboxylic acids is 1.